The van der Waals surface area contributed by atoms with Crippen molar-refractivity contribution in [3.63, 3.8) is 0 Å². The highest BCUT2D eigenvalue weighted by molar-refractivity contribution is 9.11. The van der Waals surface area contributed by atoms with Gasteiger partial charge in [0.25, 0.3) is 0 Å². The average Bonchev–Trinajstić information content (AvgIpc) is 2.83. The topological polar surface area (TPSA) is 22.4 Å². The lowest BCUT2D eigenvalue weighted by atomic mass is 10.1. The van der Waals surface area contributed by atoms with Crippen LogP contribution in [0.25, 0.3) is 22.3 Å². The fraction of sp³-hybridized carbons (Fsp3) is 0.300. The monoisotopic (exact) mass is 480 g/mol. The third kappa shape index (κ3) is 3.73. The Labute approximate surface area is 167 Å². The molecular formula is C20H22Br2O2Si. The molecule has 0 aliphatic heterocycles. The molecule has 3 rings (SSSR count). The van der Waals surface area contributed by atoms with Crippen LogP contribution in [0.4, 0.5) is 0 Å². The van der Waals surface area contributed by atoms with Gasteiger partial charge in [-0.05, 0) is 76.5 Å². The van der Waals surface area contributed by atoms with E-state index in [1.807, 2.05) is 24.3 Å². The van der Waals surface area contributed by atoms with E-state index in [0.29, 0.717) is 0 Å². The Kier molecular flexibility index (Phi) is 4.95. The van der Waals surface area contributed by atoms with Gasteiger partial charge < -0.3 is 8.84 Å². The van der Waals surface area contributed by atoms with Crippen LogP contribution >= 0.6 is 31.9 Å². The Morgan fingerprint density at radius 1 is 0.960 bits per heavy atom. The minimum atomic E-state index is -1.82. The molecule has 0 amide bonds. The Morgan fingerprint density at radius 3 is 2.20 bits per heavy atom. The van der Waals surface area contributed by atoms with Crippen molar-refractivity contribution in [2.45, 2.75) is 38.9 Å². The third-order valence-corrected chi connectivity index (χ3v) is 10.5. The Balaban J connectivity index is 1.92. The van der Waals surface area contributed by atoms with Gasteiger partial charge in [-0.2, -0.15) is 0 Å². The summed E-state index contributed by atoms with van der Waals surface area (Å²) in [5, 5.41) is 1.24. The second-order valence-electron chi connectivity index (χ2n) is 7.77. The summed E-state index contributed by atoms with van der Waals surface area (Å²) in [7, 11) is -1.82. The number of halogens is 2. The maximum Gasteiger partial charge on any atom is 0.250 e. The molecule has 0 aliphatic rings. The molecule has 0 spiro atoms. The van der Waals surface area contributed by atoms with E-state index < -0.39 is 8.32 Å². The fourth-order valence-electron chi connectivity index (χ4n) is 2.35. The smallest absolute Gasteiger partial charge is 0.250 e. The van der Waals surface area contributed by atoms with Crippen molar-refractivity contribution < 1.29 is 8.84 Å². The van der Waals surface area contributed by atoms with Gasteiger partial charge in [-0.3, -0.25) is 0 Å². The van der Waals surface area contributed by atoms with Gasteiger partial charge in [-0.1, -0.05) is 36.7 Å². The number of hydrogen-bond donors (Lipinski definition) is 0. The van der Waals surface area contributed by atoms with Crippen LogP contribution in [0.3, 0.4) is 0 Å². The largest absolute Gasteiger partial charge is 0.544 e. The first-order valence-electron chi connectivity index (χ1n) is 8.25. The summed E-state index contributed by atoms with van der Waals surface area (Å²) in [5.74, 6) is 1.76. The van der Waals surface area contributed by atoms with E-state index >= 15 is 0 Å². The van der Waals surface area contributed by atoms with Crippen LogP contribution in [0, 0.1) is 0 Å². The second-order valence-corrected chi connectivity index (χ2v) is 14.2. The Hall–Kier alpha value is -1.04. The molecular weight excluding hydrogens is 460 g/mol. The highest BCUT2D eigenvalue weighted by Gasteiger charge is 2.38. The van der Waals surface area contributed by atoms with Gasteiger partial charge in [0.1, 0.15) is 17.1 Å². The normalized spacial score (nSPS) is 12.6. The van der Waals surface area contributed by atoms with Crippen molar-refractivity contribution in [1.29, 1.82) is 0 Å². The predicted octanol–water partition coefficient (Wildman–Crippen LogP) is 8.01. The van der Waals surface area contributed by atoms with Gasteiger partial charge in [-0.25, -0.2) is 0 Å². The predicted molar refractivity (Wildman–Crippen MR) is 115 cm³/mol. The zero-order chi connectivity index (χ0) is 18.4. The van der Waals surface area contributed by atoms with Crippen LogP contribution in [0.15, 0.2) is 55.8 Å². The summed E-state index contributed by atoms with van der Waals surface area (Å²) in [6, 6.07) is 14.2. The third-order valence-electron chi connectivity index (χ3n) is 4.89. The van der Waals surface area contributed by atoms with Crippen LogP contribution in [-0.2, 0) is 0 Å². The van der Waals surface area contributed by atoms with Crippen LogP contribution in [0.1, 0.15) is 20.8 Å². The first-order valence-corrected chi connectivity index (χ1v) is 12.7. The zero-order valence-electron chi connectivity index (χ0n) is 15.1. The van der Waals surface area contributed by atoms with Crippen molar-refractivity contribution in [3.05, 3.63) is 51.4 Å². The van der Waals surface area contributed by atoms with Crippen LogP contribution in [0.5, 0.6) is 5.75 Å². The molecule has 132 valence electrons. The quantitative estimate of drug-likeness (QED) is 0.353. The van der Waals surface area contributed by atoms with Crippen LogP contribution in [0.2, 0.25) is 18.1 Å². The molecule has 2 nitrogen and oxygen atoms in total. The molecule has 0 unspecified atom stereocenters. The standard InChI is InChI=1S/C20H22Br2O2Si/c1-20(2,3)25(4,5)24-15-9-6-13(7-10-15)19-18(22)16-12-14(21)8-11-17(16)23-19/h6-12H,1-5H3. The number of furan rings is 1. The first kappa shape index (κ1) is 18.7. The molecule has 0 fully saturated rings. The number of rotatable bonds is 3. The van der Waals surface area contributed by atoms with E-state index in [4.69, 9.17) is 8.84 Å². The molecule has 0 saturated carbocycles. The molecule has 1 aromatic heterocycles. The maximum absolute atomic E-state index is 6.35. The molecule has 3 aromatic rings. The maximum atomic E-state index is 6.35. The molecule has 25 heavy (non-hydrogen) atoms. The molecule has 0 bridgehead atoms. The lowest BCUT2D eigenvalue weighted by Crippen LogP contribution is -2.43. The fourth-order valence-corrected chi connectivity index (χ4v) is 4.36. The zero-order valence-corrected chi connectivity index (χ0v) is 19.3. The van der Waals surface area contributed by atoms with Crippen LogP contribution in [-0.4, -0.2) is 8.32 Å². The van der Waals surface area contributed by atoms with Crippen molar-refractivity contribution in [3.8, 4) is 17.1 Å². The summed E-state index contributed by atoms with van der Waals surface area (Å²) in [6.07, 6.45) is 0. The molecule has 0 atom stereocenters. The minimum Gasteiger partial charge on any atom is -0.544 e. The molecule has 0 N–H and O–H groups in total. The van der Waals surface area contributed by atoms with Crippen LogP contribution < -0.4 is 4.43 Å². The van der Waals surface area contributed by atoms with E-state index in [1.165, 1.54) is 0 Å². The Morgan fingerprint density at radius 2 is 1.60 bits per heavy atom. The highest BCUT2D eigenvalue weighted by Crippen LogP contribution is 2.40. The second kappa shape index (κ2) is 6.60. The van der Waals surface area contributed by atoms with Crippen molar-refractivity contribution in [2.75, 3.05) is 0 Å². The van der Waals surface area contributed by atoms with Crippen molar-refractivity contribution in [2.24, 2.45) is 0 Å². The molecule has 2 aromatic carbocycles. The van der Waals surface area contributed by atoms with E-state index in [2.05, 4.69) is 83.9 Å². The van der Waals surface area contributed by atoms with Gasteiger partial charge >= 0.3 is 0 Å². The average molecular weight is 482 g/mol. The summed E-state index contributed by atoms with van der Waals surface area (Å²) in [6.45, 7) is 11.3. The van der Waals surface area contributed by atoms with Gasteiger partial charge in [-0.15, -0.1) is 0 Å². The van der Waals surface area contributed by atoms with Gasteiger partial charge in [0.05, 0.1) is 4.47 Å². The number of benzene rings is 2. The summed E-state index contributed by atoms with van der Waals surface area (Å²) >= 11 is 7.19. The number of hydrogen-bond acceptors (Lipinski definition) is 2. The van der Waals surface area contributed by atoms with Crippen molar-refractivity contribution in [1.82, 2.24) is 0 Å². The number of fused-ring (bicyclic) bond motifs is 1. The van der Waals surface area contributed by atoms with Crippen molar-refractivity contribution >= 4 is 51.1 Å². The lowest BCUT2D eigenvalue weighted by Gasteiger charge is -2.36. The van der Waals surface area contributed by atoms with E-state index in [-0.39, 0.29) is 5.04 Å². The molecule has 0 saturated heterocycles. The minimum absolute atomic E-state index is 0.181. The lowest BCUT2D eigenvalue weighted by molar-refractivity contribution is 0.492. The molecule has 5 heteroatoms. The van der Waals surface area contributed by atoms with E-state index in [1.54, 1.807) is 0 Å². The van der Waals surface area contributed by atoms with E-state index in [0.717, 1.165) is 37.0 Å². The molecule has 1 heterocycles. The van der Waals surface area contributed by atoms with Gasteiger partial charge in [0.15, 0.2) is 0 Å². The summed E-state index contributed by atoms with van der Waals surface area (Å²) < 4.78 is 14.4. The molecule has 0 aliphatic carbocycles. The van der Waals surface area contributed by atoms with Gasteiger partial charge in [0.2, 0.25) is 8.32 Å². The Bertz CT molecular complexity index is 906. The molecule has 0 radical (unpaired) electrons. The highest BCUT2D eigenvalue weighted by atomic mass is 79.9. The first-order chi connectivity index (χ1) is 11.6. The van der Waals surface area contributed by atoms with Gasteiger partial charge in [0, 0.05) is 15.4 Å². The summed E-state index contributed by atoms with van der Waals surface area (Å²) in [4.78, 5) is 0. The SMILES string of the molecule is CC(C)(C)[Si](C)(C)Oc1ccc(-c2oc3ccc(Br)cc3c2Br)cc1. The van der Waals surface area contributed by atoms with E-state index in [9.17, 15) is 0 Å². The summed E-state index contributed by atoms with van der Waals surface area (Å²) in [5.41, 5.74) is 1.90.